The van der Waals surface area contributed by atoms with E-state index >= 15 is 0 Å². The number of carbonyl (C=O) groups excluding carboxylic acids is 2. The minimum Gasteiger partial charge on any atom is -0.381 e. The van der Waals surface area contributed by atoms with Gasteiger partial charge in [-0.05, 0) is 54.7 Å². The quantitative estimate of drug-likeness (QED) is 0.725. The first-order chi connectivity index (χ1) is 13.9. The van der Waals surface area contributed by atoms with Crippen LogP contribution in [0.3, 0.4) is 0 Å². The average Bonchev–Trinajstić information content (AvgIpc) is 2.72. The molecule has 0 saturated carbocycles. The zero-order valence-electron chi connectivity index (χ0n) is 16.0. The number of nitrogens with two attached hydrogens (primary N) is 1. The Morgan fingerprint density at radius 2 is 1.86 bits per heavy atom. The van der Waals surface area contributed by atoms with Crippen molar-refractivity contribution in [3.63, 3.8) is 0 Å². The Bertz CT molecular complexity index is 867. The number of nitrogens with one attached hydrogen (secondary N) is 1. The van der Waals surface area contributed by atoms with E-state index in [-0.39, 0.29) is 18.3 Å². The van der Waals surface area contributed by atoms with Gasteiger partial charge in [-0.25, -0.2) is 4.39 Å². The van der Waals surface area contributed by atoms with E-state index in [9.17, 15) is 14.0 Å². The first-order valence-corrected chi connectivity index (χ1v) is 9.94. The van der Waals surface area contributed by atoms with Gasteiger partial charge in [0.05, 0.1) is 11.3 Å². The van der Waals surface area contributed by atoms with Crippen molar-refractivity contribution in [3.8, 4) is 0 Å². The van der Waals surface area contributed by atoms with Crippen LogP contribution in [-0.4, -0.2) is 31.6 Å². The molecule has 2 aromatic carbocycles. The maximum Gasteiger partial charge on any atom is 0.230 e. The normalized spacial score (nSPS) is 16.8. The van der Waals surface area contributed by atoms with Gasteiger partial charge in [-0.2, -0.15) is 0 Å². The monoisotopic (exact) mass is 418 g/mol. The second-order valence-electron chi connectivity index (χ2n) is 7.34. The molecule has 1 aliphatic heterocycles. The molecule has 0 bridgehead atoms. The predicted molar refractivity (Wildman–Crippen MR) is 109 cm³/mol. The Hall–Kier alpha value is -2.44. The van der Waals surface area contributed by atoms with Gasteiger partial charge in [0.15, 0.2) is 0 Å². The maximum atomic E-state index is 13.2. The van der Waals surface area contributed by atoms with E-state index in [1.165, 1.54) is 12.1 Å². The van der Waals surface area contributed by atoms with Crippen molar-refractivity contribution in [1.29, 1.82) is 0 Å². The van der Waals surface area contributed by atoms with Crippen LogP contribution >= 0.6 is 11.6 Å². The molecule has 5 nitrogen and oxygen atoms in total. The van der Waals surface area contributed by atoms with Gasteiger partial charge in [-0.15, -0.1) is 0 Å². The second-order valence-corrected chi connectivity index (χ2v) is 7.78. The molecule has 1 atom stereocenters. The number of halogens is 2. The first-order valence-electron chi connectivity index (χ1n) is 9.56. The van der Waals surface area contributed by atoms with E-state index in [1.807, 2.05) is 12.1 Å². The molecule has 154 valence electrons. The molecule has 2 aromatic rings. The molecule has 3 rings (SSSR count). The fourth-order valence-corrected chi connectivity index (χ4v) is 3.91. The molecule has 1 saturated heterocycles. The standard InChI is InChI=1S/C22H24ClFN2O3/c23-18-3-1-2-17(13-18)22(8-10-29-11-9-22)21(28)26-14-16(20(25)27)12-15-4-6-19(24)7-5-15/h1-7,13,16H,8-12,14H2,(H2,25,27)(H,26,28). The lowest BCUT2D eigenvalue weighted by atomic mass is 9.73. The fourth-order valence-electron chi connectivity index (χ4n) is 3.72. The average molecular weight is 419 g/mol. The number of carbonyl (C=O) groups is 2. The van der Waals surface area contributed by atoms with E-state index in [2.05, 4.69) is 5.32 Å². The molecule has 1 unspecified atom stereocenters. The van der Waals surface area contributed by atoms with Crippen LogP contribution in [0, 0.1) is 11.7 Å². The summed E-state index contributed by atoms with van der Waals surface area (Å²) in [6.45, 7) is 1.04. The van der Waals surface area contributed by atoms with Crippen LogP contribution in [-0.2, 0) is 26.2 Å². The van der Waals surface area contributed by atoms with Crippen LogP contribution in [0.1, 0.15) is 24.0 Å². The topological polar surface area (TPSA) is 81.4 Å². The van der Waals surface area contributed by atoms with Crippen molar-refractivity contribution in [2.24, 2.45) is 11.7 Å². The molecule has 1 fully saturated rings. The molecule has 3 N–H and O–H groups in total. The van der Waals surface area contributed by atoms with Crippen molar-refractivity contribution in [1.82, 2.24) is 5.32 Å². The van der Waals surface area contributed by atoms with Crippen molar-refractivity contribution in [2.45, 2.75) is 24.7 Å². The lowest BCUT2D eigenvalue weighted by molar-refractivity contribution is -0.131. The summed E-state index contributed by atoms with van der Waals surface area (Å²) in [5, 5.41) is 3.47. The van der Waals surface area contributed by atoms with Gasteiger partial charge in [0.25, 0.3) is 0 Å². The molecule has 29 heavy (non-hydrogen) atoms. The summed E-state index contributed by atoms with van der Waals surface area (Å²) in [6.07, 6.45) is 1.37. The molecule has 1 heterocycles. The van der Waals surface area contributed by atoms with E-state index in [0.717, 1.165) is 11.1 Å². The lowest BCUT2D eigenvalue weighted by Gasteiger charge is -2.36. The SMILES string of the molecule is NC(=O)C(CNC(=O)C1(c2cccc(Cl)c2)CCOCC1)Cc1ccc(F)cc1. The largest absolute Gasteiger partial charge is 0.381 e. The number of benzene rings is 2. The van der Waals surface area contributed by atoms with Gasteiger partial charge >= 0.3 is 0 Å². The van der Waals surface area contributed by atoms with Crippen LogP contribution in [0.4, 0.5) is 4.39 Å². The van der Waals surface area contributed by atoms with E-state index in [4.69, 9.17) is 22.1 Å². The highest BCUT2D eigenvalue weighted by Crippen LogP contribution is 2.36. The Kier molecular flexibility index (Phi) is 6.87. The Morgan fingerprint density at radius 1 is 1.17 bits per heavy atom. The third-order valence-electron chi connectivity index (χ3n) is 5.46. The summed E-state index contributed by atoms with van der Waals surface area (Å²) in [5.74, 6) is -1.63. The van der Waals surface area contributed by atoms with E-state index in [0.29, 0.717) is 37.5 Å². The molecular weight excluding hydrogens is 395 g/mol. The number of rotatable bonds is 7. The highest BCUT2D eigenvalue weighted by molar-refractivity contribution is 6.30. The van der Waals surface area contributed by atoms with E-state index < -0.39 is 17.2 Å². The van der Waals surface area contributed by atoms with Crippen LogP contribution < -0.4 is 11.1 Å². The molecule has 2 amide bonds. The number of amides is 2. The highest BCUT2D eigenvalue weighted by atomic mass is 35.5. The molecule has 7 heteroatoms. The summed E-state index contributed by atoms with van der Waals surface area (Å²) in [6, 6.07) is 13.2. The molecule has 0 aliphatic carbocycles. The van der Waals surface area contributed by atoms with Crippen molar-refractivity contribution < 1.29 is 18.7 Å². The van der Waals surface area contributed by atoms with Gasteiger partial charge in [-0.3, -0.25) is 9.59 Å². The summed E-state index contributed by atoms with van der Waals surface area (Å²) >= 11 is 6.15. The molecule has 0 aromatic heterocycles. The fraction of sp³-hybridized carbons (Fsp3) is 0.364. The van der Waals surface area contributed by atoms with Gasteiger partial charge < -0.3 is 15.8 Å². The van der Waals surface area contributed by atoms with E-state index in [1.54, 1.807) is 24.3 Å². The van der Waals surface area contributed by atoms with Crippen LogP contribution in [0.25, 0.3) is 0 Å². The number of hydrogen-bond acceptors (Lipinski definition) is 3. The third kappa shape index (κ3) is 5.14. The van der Waals surface area contributed by atoms with Crippen LogP contribution in [0.15, 0.2) is 48.5 Å². The Morgan fingerprint density at radius 3 is 2.48 bits per heavy atom. The minimum atomic E-state index is -0.763. The number of primary amides is 1. The molecule has 0 spiro atoms. The van der Waals surface area contributed by atoms with Crippen LogP contribution in [0.5, 0.6) is 0 Å². The van der Waals surface area contributed by atoms with Gasteiger partial charge in [0.1, 0.15) is 5.82 Å². The first kappa shape index (κ1) is 21.3. The Balaban J connectivity index is 1.74. The van der Waals surface area contributed by atoms with Crippen LogP contribution in [0.2, 0.25) is 5.02 Å². The molecule has 0 radical (unpaired) electrons. The zero-order chi connectivity index (χ0) is 20.9. The molecule has 1 aliphatic rings. The Labute approximate surface area is 174 Å². The number of ether oxygens (including phenoxy) is 1. The summed E-state index contributed by atoms with van der Waals surface area (Å²) < 4.78 is 18.6. The van der Waals surface area contributed by atoms with Gasteiger partial charge in [-0.1, -0.05) is 35.9 Å². The molecular formula is C22H24ClFN2O3. The zero-order valence-corrected chi connectivity index (χ0v) is 16.8. The number of hydrogen-bond donors (Lipinski definition) is 2. The summed E-state index contributed by atoms with van der Waals surface area (Å²) in [4.78, 5) is 25.2. The summed E-state index contributed by atoms with van der Waals surface area (Å²) in [7, 11) is 0. The van der Waals surface area contributed by atoms with Crippen molar-refractivity contribution >= 4 is 23.4 Å². The minimum absolute atomic E-state index is 0.106. The lowest BCUT2D eigenvalue weighted by Crippen LogP contribution is -2.50. The maximum absolute atomic E-state index is 13.2. The highest BCUT2D eigenvalue weighted by Gasteiger charge is 2.42. The smallest absolute Gasteiger partial charge is 0.230 e. The van der Waals surface area contributed by atoms with Gasteiger partial charge in [0.2, 0.25) is 11.8 Å². The van der Waals surface area contributed by atoms with Crippen molar-refractivity contribution in [2.75, 3.05) is 19.8 Å². The summed E-state index contributed by atoms with van der Waals surface area (Å²) in [5.41, 5.74) is 6.39. The predicted octanol–water partition coefficient (Wildman–Crippen LogP) is 2.99. The third-order valence-corrected chi connectivity index (χ3v) is 5.70. The second kappa shape index (κ2) is 9.37. The van der Waals surface area contributed by atoms with Gasteiger partial charge in [0, 0.05) is 24.8 Å². The van der Waals surface area contributed by atoms with Crippen molar-refractivity contribution in [3.05, 3.63) is 70.5 Å².